The van der Waals surface area contributed by atoms with Gasteiger partial charge in [0.2, 0.25) is 0 Å². The maximum absolute atomic E-state index is 11.6. The van der Waals surface area contributed by atoms with E-state index in [2.05, 4.69) is 5.32 Å². The molecule has 6 nitrogen and oxygen atoms in total. The summed E-state index contributed by atoms with van der Waals surface area (Å²) in [6.45, 7) is 4.14. The predicted octanol–water partition coefficient (Wildman–Crippen LogP) is 2.86. The average Bonchev–Trinajstić information content (AvgIpc) is 2.29. The van der Waals surface area contributed by atoms with E-state index in [-0.39, 0.29) is 28.6 Å². The lowest BCUT2D eigenvalue weighted by atomic mass is 10.1. The van der Waals surface area contributed by atoms with Crippen molar-refractivity contribution in [2.45, 2.75) is 13.8 Å². The van der Waals surface area contributed by atoms with E-state index < -0.39 is 10.9 Å². The number of halogens is 1. The molecule has 0 unspecified atom stereocenters. The van der Waals surface area contributed by atoms with Gasteiger partial charge in [0, 0.05) is 12.6 Å². The SMILES string of the molecule is CCNc1cc(Cl)c(C(=O)OCC)cc1[N+](=O)[O-]. The second-order valence-corrected chi connectivity index (χ2v) is 3.76. The molecule has 0 atom stereocenters. The third-order valence-corrected chi connectivity index (χ3v) is 2.46. The van der Waals surface area contributed by atoms with Gasteiger partial charge in [-0.25, -0.2) is 4.79 Å². The van der Waals surface area contributed by atoms with Crippen LogP contribution in [0, 0.1) is 10.1 Å². The Balaban J connectivity index is 3.26. The number of nitrogens with one attached hydrogen (secondary N) is 1. The number of carbonyl (C=O) groups excluding carboxylic acids is 1. The Morgan fingerprint density at radius 1 is 1.50 bits per heavy atom. The van der Waals surface area contributed by atoms with E-state index in [4.69, 9.17) is 16.3 Å². The first-order chi connectivity index (χ1) is 8.51. The molecule has 1 N–H and O–H groups in total. The maximum Gasteiger partial charge on any atom is 0.339 e. The van der Waals surface area contributed by atoms with E-state index in [1.807, 2.05) is 0 Å². The fourth-order valence-electron chi connectivity index (χ4n) is 1.41. The van der Waals surface area contributed by atoms with Crippen LogP contribution < -0.4 is 5.32 Å². The molecular formula is C11H13ClN2O4. The van der Waals surface area contributed by atoms with Gasteiger partial charge in [-0.1, -0.05) is 11.6 Å². The number of anilines is 1. The number of rotatable bonds is 5. The Bertz CT molecular complexity index is 476. The highest BCUT2D eigenvalue weighted by molar-refractivity contribution is 6.34. The molecule has 1 aromatic rings. The molecule has 0 spiro atoms. The zero-order valence-electron chi connectivity index (χ0n) is 10.0. The highest BCUT2D eigenvalue weighted by atomic mass is 35.5. The van der Waals surface area contributed by atoms with Crippen molar-refractivity contribution in [3.05, 3.63) is 32.8 Å². The van der Waals surface area contributed by atoms with Crippen molar-refractivity contribution in [3.63, 3.8) is 0 Å². The molecule has 0 radical (unpaired) electrons. The Morgan fingerprint density at radius 2 is 2.17 bits per heavy atom. The third-order valence-electron chi connectivity index (χ3n) is 2.14. The van der Waals surface area contributed by atoms with Crippen LogP contribution in [-0.2, 0) is 4.74 Å². The molecule has 0 amide bonds. The quantitative estimate of drug-likeness (QED) is 0.506. The van der Waals surface area contributed by atoms with Crippen molar-refractivity contribution in [2.75, 3.05) is 18.5 Å². The largest absolute Gasteiger partial charge is 0.462 e. The normalized spacial score (nSPS) is 9.94. The molecule has 0 saturated carbocycles. The van der Waals surface area contributed by atoms with Gasteiger partial charge in [-0.2, -0.15) is 0 Å². The van der Waals surface area contributed by atoms with Crippen molar-refractivity contribution < 1.29 is 14.5 Å². The number of nitro groups is 1. The van der Waals surface area contributed by atoms with Gasteiger partial charge in [0.25, 0.3) is 5.69 Å². The van der Waals surface area contributed by atoms with Crippen LogP contribution in [0.3, 0.4) is 0 Å². The minimum atomic E-state index is -0.673. The second-order valence-electron chi connectivity index (χ2n) is 3.36. The zero-order valence-corrected chi connectivity index (χ0v) is 10.8. The fraction of sp³-hybridized carbons (Fsp3) is 0.364. The van der Waals surface area contributed by atoms with E-state index in [1.165, 1.54) is 6.07 Å². The molecule has 0 fully saturated rings. The molecule has 0 saturated heterocycles. The summed E-state index contributed by atoms with van der Waals surface area (Å²) in [5, 5.41) is 13.8. The first kappa shape index (κ1) is 14.2. The van der Waals surface area contributed by atoms with Crippen molar-refractivity contribution in [1.82, 2.24) is 0 Å². The topological polar surface area (TPSA) is 81.5 Å². The molecular weight excluding hydrogens is 260 g/mol. The number of nitrogens with zero attached hydrogens (tertiary/aromatic N) is 1. The maximum atomic E-state index is 11.6. The lowest BCUT2D eigenvalue weighted by Gasteiger charge is -2.08. The van der Waals surface area contributed by atoms with Crippen LogP contribution in [0.15, 0.2) is 12.1 Å². The number of esters is 1. The van der Waals surface area contributed by atoms with Crippen LogP contribution in [0.1, 0.15) is 24.2 Å². The summed E-state index contributed by atoms with van der Waals surface area (Å²) in [5.41, 5.74) is 0.0664. The minimum absolute atomic E-state index is 0.00753. The monoisotopic (exact) mass is 272 g/mol. The molecule has 0 heterocycles. The summed E-state index contributed by atoms with van der Waals surface area (Å²) in [4.78, 5) is 21.9. The van der Waals surface area contributed by atoms with Crippen molar-refractivity contribution in [3.8, 4) is 0 Å². The first-order valence-corrected chi connectivity index (χ1v) is 5.78. The van der Waals surface area contributed by atoms with Crippen molar-refractivity contribution >= 4 is 28.9 Å². The molecule has 0 aliphatic rings. The highest BCUT2D eigenvalue weighted by Crippen LogP contribution is 2.31. The molecule has 18 heavy (non-hydrogen) atoms. The summed E-state index contributed by atoms with van der Waals surface area (Å²) in [5.74, 6) is -0.673. The molecule has 0 aromatic heterocycles. The smallest absolute Gasteiger partial charge is 0.339 e. The molecule has 0 aliphatic heterocycles. The van der Waals surface area contributed by atoms with Gasteiger partial charge in [-0.3, -0.25) is 10.1 Å². The highest BCUT2D eigenvalue weighted by Gasteiger charge is 2.21. The predicted molar refractivity (Wildman–Crippen MR) is 68.2 cm³/mol. The van der Waals surface area contributed by atoms with Gasteiger partial charge >= 0.3 is 5.97 Å². The number of nitro benzene ring substituents is 1. The Kier molecular flexibility index (Phi) is 4.91. The van der Waals surface area contributed by atoms with Crippen LogP contribution in [-0.4, -0.2) is 24.0 Å². The number of hydrogen-bond donors (Lipinski definition) is 1. The summed E-state index contributed by atoms with van der Waals surface area (Å²) in [6, 6.07) is 2.48. The summed E-state index contributed by atoms with van der Waals surface area (Å²) in [7, 11) is 0. The molecule has 98 valence electrons. The standard InChI is InChI=1S/C11H13ClN2O4/c1-3-13-9-6-8(12)7(11(15)18-4-2)5-10(9)14(16)17/h5-6,13H,3-4H2,1-2H3. The first-order valence-electron chi connectivity index (χ1n) is 5.40. The van der Waals surface area contributed by atoms with E-state index in [0.717, 1.165) is 6.07 Å². The van der Waals surface area contributed by atoms with Gasteiger partial charge in [0.15, 0.2) is 0 Å². The van der Waals surface area contributed by atoms with E-state index >= 15 is 0 Å². The molecule has 0 aliphatic carbocycles. The molecule has 0 bridgehead atoms. The van der Waals surface area contributed by atoms with Crippen molar-refractivity contribution in [1.29, 1.82) is 0 Å². The summed E-state index contributed by atoms with van der Waals surface area (Å²) >= 11 is 5.91. The number of hydrogen-bond acceptors (Lipinski definition) is 5. The average molecular weight is 273 g/mol. The fourth-order valence-corrected chi connectivity index (χ4v) is 1.65. The van der Waals surface area contributed by atoms with E-state index in [1.54, 1.807) is 13.8 Å². The Hall–Kier alpha value is -1.82. The minimum Gasteiger partial charge on any atom is -0.462 e. The van der Waals surface area contributed by atoms with Crippen molar-refractivity contribution in [2.24, 2.45) is 0 Å². The Labute approximate surface area is 109 Å². The van der Waals surface area contributed by atoms with Gasteiger partial charge < -0.3 is 10.1 Å². The lowest BCUT2D eigenvalue weighted by molar-refractivity contribution is -0.384. The molecule has 1 aromatic carbocycles. The van der Waals surface area contributed by atoms with Crippen LogP contribution >= 0.6 is 11.6 Å². The second kappa shape index (κ2) is 6.20. The number of benzene rings is 1. The van der Waals surface area contributed by atoms with E-state index in [9.17, 15) is 14.9 Å². The van der Waals surface area contributed by atoms with Crippen LogP contribution in [0.25, 0.3) is 0 Å². The van der Waals surface area contributed by atoms with Gasteiger partial charge in [0.05, 0.1) is 22.1 Å². The number of carbonyl (C=O) groups is 1. The van der Waals surface area contributed by atoms with Crippen LogP contribution in [0.5, 0.6) is 0 Å². The van der Waals surface area contributed by atoms with Gasteiger partial charge in [-0.05, 0) is 19.9 Å². The lowest BCUT2D eigenvalue weighted by Crippen LogP contribution is -2.08. The summed E-state index contributed by atoms with van der Waals surface area (Å²) in [6.07, 6.45) is 0. The third kappa shape index (κ3) is 3.10. The van der Waals surface area contributed by atoms with Crippen LogP contribution in [0.2, 0.25) is 5.02 Å². The van der Waals surface area contributed by atoms with Crippen LogP contribution in [0.4, 0.5) is 11.4 Å². The zero-order chi connectivity index (χ0) is 13.7. The van der Waals surface area contributed by atoms with Gasteiger partial charge in [0.1, 0.15) is 5.69 Å². The Morgan fingerprint density at radius 3 is 2.67 bits per heavy atom. The molecule has 1 rings (SSSR count). The number of ether oxygens (including phenoxy) is 1. The van der Waals surface area contributed by atoms with Gasteiger partial charge in [-0.15, -0.1) is 0 Å². The molecule has 7 heteroatoms. The van der Waals surface area contributed by atoms with E-state index in [0.29, 0.717) is 6.54 Å². The summed E-state index contributed by atoms with van der Waals surface area (Å²) < 4.78 is 4.78.